The van der Waals surface area contributed by atoms with Crippen molar-refractivity contribution in [2.45, 2.75) is 302 Å². The van der Waals surface area contributed by atoms with Gasteiger partial charge in [0.2, 0.25) is 0 Å². The standard InChI is InChI=1S/C69H114O12/c1-4-7-10-13-16-19-22-25-28-30-31-33-35-37-40-43-46-49-52-55-61(70)77-58-60(79-62(71)56-53-50-47-44-41-39-36-32-29-26-23-20-17-14-11-8-5-2)59-78-69-67(65(74)64(73)66(81-69)68(75)76)80-63(72)57-54-51-48-45-42-38-34-27-24-21-18-15-12-9-6-3/h7,10,16,18-19,21,25,27-28,31,33-34,37,40,46,49,60,64-67,69,73-74H,4-6,8-9,11-15,17,20,22-24,26,29-30,32,35-36,38-39,41-45,47-48,50-59H2,1-3H3,(H,75,76)/b10-7-,19-16-,21-18-,28-25-,33-31-,34-27-,40-37-,49-46-. The molecule has 1 aliphatic rings. The summed E-state index contributed by atoms with van der Waals surface area (Å²) in [6, 6.07) is 0. The van der Waals surface area contributed by atoms with Gasteiger partial charge in [0.05, 0.1) is 6.61 Å². The van der Waals surface area contributed by atoms with Crippen LogP contribution < -0.4 is 0 Å². The Balaban J connectivity index is 2.72. The minimum atomic E-state index is -1.92. The quantitative estimate of drug-likeness (QED) is 0.0228. The zero-order valence-corrected chi connectivity index (χ0v) is 51.0. The molecular weight excluding hydrogens is 1020 g/mol. The lowest BCUT2D eigenvalue weighted by molar-refractivity contribution is -0.301. The lowest BCUT2D eigenvalue weighted by Gasteiger charge is -2.40. The summed E-state index contributed by atoms with van der Waals surface area (Å²) in [6.07, 6.45) is 62.3. The highest BCUT2D eigenvalue weighted by molar-refractivity contribution is 5.74. The van der Waals surface area contributed by atoms with Crippen LogP contribution in [-0.2, 0) is 42.9 Å². The molecule has 0 aromatic rings. The number of carbonyl (C=O) groups excluding carboxylic acids is 3. The summed E-state index contributed by atoms with van der Waals surface area (Å²) in [6.45, 7) is 5.81. The second-order valence-electron chi connectivity index (χ2n) is 21.7. The Bertz CT molecular complexity index is 1780. The summed E-state index contributed by atoms with van der Waals surface area (Å²) >= 11 is 0. The number of allylic oxidation sites excluding steroid dienone is 16. The molecule has 1 rings (SSSR count). The maximum atomic E-state index is 13.2. The fourth-order valence-electron chi connectivity index (χ4n) is 9.25. The highest BCUT2D eigenvalue weighted by Crippen LogP contribution is 2.26. The van der Waals surface area contributed by atoms with Crippen LogP contribution in [0.15, 0.2) is 97.2 Å². The van der Waals surface area contributed by atoms with Gasteiger partial charge in [0.25, 0.3) is 0 Å². The van der Waals surface area contributed by atoms with Crippen LogP contribution in [0.25, 0.3) is 0 Å². The van der Waals surface area contributed by atoms with E-state index in [9.17, 15) is 34.5 Å². The van der Waals surface area contributed by atoms with Crippen LogP contribution in [0.5, 0.6) is 0 Å². The first kappa shape index (κ1) is 74.7. The fourth-order valence-corrected chi connectivity index (χ4v) is 9.25. The highest BCUT2D eigenvalue weighted by atomic mass is 16.7. The predicted molar refractivity (Wildman–Crippen MR) is 331 cm³/mol. The minimum absolute atomic E-state index is 0.0348. The van der Waals surface area contributed by atoms with E-state index in [2.05, 4.69) is 106 Å². The Morgan fingerprint density at radius 2 is 0.802 bits per heavy atom. The van der Waals surface area contributed by atoms with Gasteiger partial charge < -0.3 is 39.0 Å². The van der Waals surface area contributed by atoms with Gasteiger partial charge in [-0.15, -0.1) is 0 Å². The zero-order chi connectivity index (χ0) is 58.9. The van der Waals surface area contributed by atoms with Crippen molar-refractivity contribution in [3.05, 3.63) is 97.2 Å². The lowest BCUT2D eigenvalue weighted by Crippen LogP contribution is -2.61. The Hall–Kier alpha value is -4.36. The average molecular weight is 1140 g/mol. The fraction of sp³-hybridized carbons (Fsp3) is 0.710. The molecule has 3 N–H and O–H groups in total. The van der Waals surface area contributed by atoms with Gasteiger partial charge in [0.1, 0.15) is 18.8 Å². The third kappa shape index (κ3) is 45.8. The number of aliphatic hydroxyl groups is 2. The summed E-state index contributed by atoms with van der Waals surface area (Å²) in [7, 11) is 0. The molecule has 0 aliphatic carbocycles. The maximum Gasteiger partial charge on any atom is 0.335 e. The first-order chi connectivity index (χ1) is 39.6. The first-order valence-corrected chi connectivity index (χ1v) is 32.2. The van der Waals surface area contributed by atoms with Gasteiger partial charge in [-0.2, -0.15) is 0 Å². The van der Waals surface area contributed by atoms with E-state index in [1.807, 2.05) is 12.2 Å². The summed E-state index contributed by atoms with van der Waals surface area (Å²) in [5, 5.41) is 31.6. The van der Waals surface area contributed by atoms with Crippen LogP contribution in [0.3, 0.4) is 0 Å². The summed E-state index contributed by atoms with van der Waals surface area (Å²) in [4.78, 5) is 51.3. The van der Waals surface area contributed by atoms with Crippen molar-refractivity contribution < 1.29 is 58.2 Å². The van der Waals surface area contributed by atoms with Gasteiger partial charge in [-0.3, -0.25) is 14.4 Å². The summed E-state index contributed by atoms with van der Waals surface area (Å²) in [5.74, 6) is -3.24. The molecule has 0 aromatic carbocycles. The zero-order valence-electron chi connectivity index (χ0n) is 51.0. The summed E-state index contributed by atoms with van der Waals surface area (Å²) < 4.78 is 28.4. The van der Waals surface area contributed by atoms with E-state index in [4.69, 9.17) is 23.7 Å². The van der Waals surface area contributed by atoms with Crippen LogP contribution in [0.4, 0.5) is 0 Å². The van der Waals surface area contributed by atoms with E-state index in [1.165, 1.54) is 103 Å². The van der Waals surface area contributed by atoms with Crippen molar-refractivity contribution in [1.29, 1.82) is 0 Å². The highest BCUT2D eigenvalue weighted by Gasteiger charge is 2.50. The van der Waals surface area contributed by atoms with Crippen molar-refractivity contribution in [1.82, 2.24) is 0 Å². The number of carboxylic acids is 1. The van der Waals surface area contributed by atoms with Crippen molar-refractivity contribution in [3.8, 4) is 0 Å². The van der Waals surface area contributed by atoms with Crippen molar-refractivity contribution in [3.63, 3.8) is 0 Å². The van der Waals surface area contributed by atoms with E-state index in [0.29, 0.717) is 19.3 Å². The third-order valence-electron chi connectivity index (χ3n) is 14.2. The monoisotopic (exact) mass is 1130 g/mol. The van der Waals surface area contributed by atoms with Gasteiger partial charge in [-0.25, -0.2) is 4.79 Å². The second-order valence-corrected chi connectivity index (χ2v) is 21.7. The van der Waals surface area contributed by atoms with E-state index in [1.54, 1.807) is 0 Å². The molecule has 6 atom stereocenters. The smallest absolute Gasteiger partial charge is 0.335 e. The molecule has 1 saturated heterocycles. The van der Waals surface area contributed by atoms with Crippen LogP contribution in [0.2, 0.25) is 0 Å². The van der Waals surface area contributed by atoms with Gasteiger partial charge in [0.15, 0.2) is 24.6 Å². The maximum absolute atomic E-state index is 13.2. The van der Waals surface area contributed by atoms with Gasteiger partial charge in [-0.05, 0) is 89.9 Å². The Kier molecular flexibility index (Phi) is 51.7. The number of hydrogen-bond acceptors (Lipinski definition) is 11. The summed E-state index contributed by atoms with van der Waals surface area (Å²) in [5.41, 5.74) is 0. The van der Waals surface area contributed by atoms with Gasteiger partial charge in [-0.1, -0.05) is 253 Å². The van der Waals surface area contributed by atoms with Gasteiger partial charge in [0, 0.05) is 19.3 Å². The number of ether oxygens (including phenoxy) is 5. The normalized spacial score (nSPS) is 18.4. The van der Waals surface area contributed by atoms with E-state index >= 15 is 0 Å². The molecular formula is C69H114O12. The van der Waals surface area contributed by atoms with Crippen LogP contribution in [0, 0.1) is 0 Å². The van der Waals surface area contributed by atoms with Gasteiger partial charge >= 0.3 is 23.9 Å². The second kappa shape index (κ2) is 56.1. The number of rotatable bonds is 54. The molecule has 0 aromatic heterocycles. The molecule has 12 heteroatoms. The van der Waals surface area contributed by atoms with E-state index in [0.717, 1.165) is 103 Å². The average Bonchev–Trinajstić information content (AvgIpc) is 3.53. The Morgan fingerprint density at radius 3 is 1.26 bits per heavy atom. The molecule has 0 saturated carbocycles. The molecule has 12 nitrogen and oxygen atoms in total. The van der Waals surface area contributed by atoms with Crippen LogP contribution in [0.1, 0.15) is 265 Å². The molecule has 1 aliphatic heterocycles. The third-order valence-corrected chi connectivity index (χ3v) is 14.2. The molecule has 0 spiro atoms. The van der Waals surface area contributed by atoms with Crippen molar-refractivity contribution >= 4 is 23.9 Å². The van der Waals surface area contributed by atoms with Crippen molar-refractivity contribution in [2.24, 2.45) is 0 Å². The van der Waals surface area contributed by atoms with E-state index in [-0.39, 0.29) is 25.9 Å². The lowest BCUT2D eigenvalue weighted by atomic mass is 9.98. The number of aliphatic hydroxyl groups excluding tert-OH is 2. The number of esters is 3. The molecule has 0 radical (unpaired) electrons. The molecule has 6 unspecified atom stereocenters. The first-order valence-electron chi connectivity index (χ1n) is 32.2. The Labute approximate surface area is 492 Å². The van der Waals surface area contributed by atoms with Crippen LogP contribution >= 0.6 is 0 Å². The molecule has 81 heavy (non-hydrogen) atoms. The van der Waals surface area contributed by atoms with E-state index < -0.39 is 67.3 Å². The largest absolute Gasteiger partial charge is 0.479 e. The molecule has 1 heterocycles. The number of unbranched alkanes of at least 4 members (excludes halogenated alkanes) is 24. The number of aliphatic carboxylic acids is 1. The SMILES string of the molecule is CC/C=C\C/C=C\C/C=C\C/C=C\C/C=C\C/C=C\CCC(=O)OCC(COC1OC(C(=O)O)C(O)C(O)C1OC(=O)CCCCCCC/C=C\C/C=C\CCCCC)OC(=O)CCCCCCCCCCCCCCCCCCC. The Morgan fingerprint density at radius 1 is 0.420 bits per heavy atom. The number of carbonyl (C=O) groups is 4. The predicted octanol–water partition coefficient (Wildman–Crippen LogP) is 17.2. The van der Waals surface area contributed by atoms with Crippen LogP contribution in [-0.4, -0.2) is 89.2 Å². The molecule has 462 valence electrons. The van der Waals surface area contributed by atoms with Crippen molar-refractivity contribution in [2.75, 3.05) is 13.2 Å². The molecule has 0 bridgehead atoms. The molecule has 1 fully saturated rings. The number of carboxylic acid groups (broad SMARTS) is 1. The number of hydrogen-bond donors (Lipinski definition) is 3. The molecule has 0 amide bonds. The minimum Gasteiger partial charge on any atom is -0.479 e. The topological polar surface area (TPSA) is 175 Å².